The van der Waals surface area contributed by atoms with Crippen molar-refractivity contribution in [1.29, 1.82) is 0 Å². The topological polar surface area (TPSA) is 30.5 Å². The summed E-state index contributed by atoms with van der Waals surface area (Å²) in [5.74, 6) is 0. The molecule has 3 atom stereocenters. The first-order valence-electron chi connectivity index (χ1n) is 7.01. The molecule has 0 bridgehead atoms. The van der Waals surface area contributed by atoms with Crippen molar-refractivity contribution in [3.05, 3.63) is 0 Å². The van der Waals surface area contributed by atoms with Crippen LogP contribution in [0.2, 0.25) is 0 Å². The van der Waals surface area contributed by atoms with E-state index in [-0.39, 0.29) is 24.9 Å². The first-order chi connectivity index (χ1) is 8.98. The number of nitrogens with one attached hydrogen (secondary N) is 1. The molecule has 0 saturated heterocycles. The van der Waals surface area contributed by atoms with Crippen LogP contribution in [0.5, 0.6) is 0 Å². The van der Waals surface area contributed by atoms with E-state index in [1.54, 1.807) is 0 Å². The number of hydrogen-bond acceptors (Lipinski definition) is 3. The van der Waals surface area contributed by atoms with Crippen LogP contribution in [0.3, 0.4) is 0 Å². The van der Waals surface area contributed by atoms with Gasteiger partial charge in [-0.2, -0.15) is 13.2 Å². The lowest BCUT2D eigenvalue weighted by atomic mass is 9.85. The van der Waals surface area contributed by atoms with Gasteiger partial charge in [-0.1, -0.05) is 13.8 Å². The van der Waals surface area contributed by atoms with E-state index in [0.717, 1.165) is 25.8 Å². The first-order valence-corrected chi connectivity index (χ1v) is 7.01. The van der Waals surface area contributed by atoms with Crippen LogP contribution in [-0.4, -0.2) is 44.2 Å². The van der Waals surface area contributed by atoms with Gasteiger partial charge in [0.25, 0.3) is 0 Å². The molecule has 0 radical (unpaired) electrons. The molecule has 6 heteroatoms. The summed E-state index contributed by atoms with van der Waals surface area (Å²) in [4.78, 5) is 0. The maximum absolute atomic E-state index is 12.0. The zero-order valence-electron chi connectivity index (χ0n) is 11.6. The molecule has 0 spiro atoms. The van der Waals surface area contributed by atoms with Crippen molar-refractivity contribution in [3.8, 4) is 0 Å². The van der Waals surface area contributed by atoms with E-state index in [1.165, 1.54) is 0 Å². The van der Waals surface area contributed by atoms with Gasteiger partial charge in [-0.25, -0.2) is 0 Å². The van der Waals surface area contributed by atoms with E-state index >= 15 is 0 Å². The van der Waals surface area contributed by atoms with E-state index in [4.69, 9.17) is 9.47 Å². The molecule has 1 N–H and O–H groups in total. The predicted molar refractivity (Wildman–Crippen MR) is 67.1 cm³/mol. The van der Waals surface area contributed by atoms with Gasteiger partial charge in [0.15, 0.2) is 0 Å². The third-order valence-corrected chi connectivity index (χ3v) is 3.14. The second-order valence-electron chi connectivity index (χ2n) is 4.91. The molecule has 19 heavy (non-hydrogen) atoms. The van der Waals surface area contributed by atoms with E-state index < -0.39 is 12.6 Å². The minimum Gasteiger partial charge on any atom is -0.375 e. The average Bonchev–Trinajstić information content (AvgIpc) is 2.31. The Kier molecular flexibility index (Phi) is 7.10. The van der Waals surface area contributed by atoms with Crippen molar-refractivity contribution in [2.24, 2.45) is 0 Å². The Morgan fingerprint density at radius 3 is 2.42 bits per heavy atom. The third-order valence-electron chi connectivity index (χ3n) is 3.14. The van der Waals surface area contributed by atoms with Crippen LogP contribution in [-0.2, 0) is 9.47 Å². The summed E-state index contributed by atoms with van der Waals surface area (Å²) >= 11 is 0. The third kappa shape index (κ3) is 6.10. The maximum atomic E-state index is 12.0. The number of hydrogen-bond donors (Lipinski definition) is 1. The predicted octanol–water partition coefficient (Wildman–Crippen LogP) is 2.89. The summed E-state index contributed by atoms with van der Waals surface area (Å²) in [5, 5.41) is 3.34. The highest BCUT2D eigenvalue weighted by atomic mass is 19.4. The van der Waals surface area contributed by atoms with Crippen LogP contribution in [0.4, 0.5) is 13.2 Å². The maximum Gasteiger partial charge on any atom is 0.391 e. The van der Waals surface area contributed by atoms with Gasteiger partial charge >= 0.3 is 6.18 Å². The van der Waals surface area contributed by atoms with Crippen LogP contribution in [0, 0.1) is 0 Å². The van der Waals surface area contributed by atoms with Crippen LogP contribution >= 0.6 is 0 Å². The fourth-order valence-corrected chi connectivity index (χ4v) is 2.08. The van der Waals surface area contributed by atoms with E-state index in [9.17, 15) is 13.2 Å². The highest BCUT2D eigenvalue weighted by molar-refractivity contribution is 4.97. The molecule has 114 valence electrons. The van der Waals surface area contributed by atoms with Crippen molar-refractivity contribution in [2.75, 3.05) is 19.8 Å². The molecule has 3 nitrogen and oxygen atoms in total. The van der Waals surface area contributed by atoms with Gasteiger partial charge in [-0.15, -0.1) is 0 Å². The van der Waals surface area contributed by atoms with Gasteiger partial charge in [0.1, 0.15) is 0 Å². The van der Waals surface area contributed by atoms with Crippen LogP contribution < -0.4 is 5.32 Å². The minimum atomic E-state index is -4.15. The summed E-state index contributed by atoms with van der Waals surface area (Å²) in [7, 11) is 0. The lowest BCUT2D eigenvalue weighted by Gasteiger charge is -2.44. The Morgan fingerprint density at radius 2 is 1.84 bits per heavy atom. The lowest BCUT2D eigenvalue weighted by Crippen LogP contribution is -2.60. The standard InChI is InChI=1S/C13H24F3NO2/c1-3-6-17-10-9-11(12(10)19-7-4-2)18-8-5-13(14,15)16/h10-12,17H,3-9H2,1-2H3. The molecule has 1 aliphatic carbocycles. The number of alkyl halides is 3. The number of rotatable bonds is 9. The van der Waals surface area contributed by atoms with Gasteiger partial charge < -0.3 is 14.8 Å². The molecule has 0 heterocycles. The number of ether oxygens (including phenoxy) is 2. The van der Waals surface area contributed by atoms with Crippen molar-refractivity contribution in [3.63, 3.8) is 0 Å². The highest BCUT2D eigenvalue weighted by Gasteiger charge is 2.42. The normalized spacial score (nSPS) is 27.3. The first kappa shape index (κ1) is 16.7. The van der Waals surface area contributed by atoms with E-state index in [1.807, 2.05) is 6.92 Å². The molecule has 0 aromatic heterocycles. The summed E-state index contributed by atoms with van der Waals surface area (Å²) in [5.41, 5.74) is 0. The monoisotopic (exact) mass is 283 g/mol. The Bertz CT molecular complexity index is 249. The minimum absolute atomic E-state index is 0.111. The molecule has 3 unspecified atom stereocenters. The molecule has 0 aromatic rings. The van der Waals surface area contributed by atoms with E-state index in [0.29, 0.717) is 6.61 Å². The van der Waals surface area contributed by atoms with Crippen molar-refractivity contribution < 1.29 is 22.6 Å². The largest absolute Gasteiger partial charge is 0.391 e. The molecule has 1 saturated carbocycles. The molecule has 0 amide bonds. The fourth-order valence-electron chi connectivity index (χ4n) is 2.08. The summed E-state index contributed by atoms with van der Waals surface area (Å²) < 4.78 is 47.1. The zero-order valence-corrected chi connectivity index (χ0v) is 11.6. The molecule has 1 aliphatic rings. The Balaban J connectivity index is 2.28. The lowest BCUT2D eigenvalue weighted by molar-refractivity contribution is -0.178. The van der Waals surface area contributed by atoms with Crippen LogP contribution in [0.1, 0.15) is 39.5 Å². The van der Waals surface area contributed by atoms with Gasteiger partial charge in [0.05, 0.1) is 25.2 Å². The summed E-state index contributed by atoms with van der Waals surface area (Å²) in [6, 6.07) is 0.211. The quantitative estimate of drug-likeness (QED) is 0.706. The molecule has 0 aromatic carbocycles. The van der Waals surface area contributed by atoms with Gasteiger partial charge in [-0.3, -0.25) is 0 Å². The van der Waals surface area contributed by atoms with Crippen molar-refractivity contribution in [2.45, 2.75) is 64.0 Å². The average molecular weight is 283 g/mol. The Labute approximate surface area is 112 Å². The highest BCUT2D eigenvalue weighted by Crippen LogP contribution is 2.29. The molecular weight excluding hydrogens is 259 g/mol. The van der Waals surface area contributed by atoms with Crippen molar-refractivity contribution >= 4 is 0 Å². The Hall–Kier alpha value is -0.330. The SMILES string of the molecule is CCCNC1CC(OCCC(F)(F)F)C1OCCC. The van der Waals surface area contributed by atoms with Crippen LogP contribution in [0.25, 0.3) is 0 Å². The molecule has 1 fully saturated rings. The van der Waals surface area contributed by atoms with Gasteiger partial charge in [-0.05, 0) is 25.8 Å². The zero-order chi connectivity index (χ0) is 14.3. The molecule has 1 rings (SSSR count). The molecular formula is C13H24F3NO2. The smallest absolute Gasteiger partial charge is 0.375 e. The van der Waals surface area contributed by atoms with Gasteiger partial charge in [0.2, 0.25) is 0 Å². The fraction of sp³-hybridized carbons (Fsp3) is 1.00. The van der Waals surface area contributed by atoms with Gasteiger partial charge in [0, 0.05) is 12.6 Å². The van der Waals surface area contributed by atoms with Crippen molar-refractivity contribution in [1.82, 2.24) is 5.32 Å². The van der Waals surface area contributed by atoms with E-state index in [2.05, 4.69) is 12.2 Å². The summed E-state index contributed by atoms with van der Waals surface area (Å²) in [6.45, 7) is 5.32. The Morgan fingerprint density at radius 1 is 1.11 bits per heavy atom. The second-order valence-corrected chi connectivity index (χ2v) is 4.91. The molecule has 0 aliphatic heterocycles. The number of halogens is 3. The summed E-state index contributed by atoms with van der Waals surface area (Å²) in [6.07, 6.45) is -2.71. The second kappa shape index (κ2) is 8.07. The van der Waals surface area contributed by atoms with Crippen LogP contribution in [0.15, 0.2) is 0 Å².